The zero-order valence-electron chi connectivity index (χ0n) is 17.5. The number of amides is 1. The second-order valence-corrected chi connectivity index (χ2v) is 12.2. The number of rotatable bonds is 8. The molecule has 0 aliphatic rings. The summed E-state index contributed by atoms with van der Waals surface area (Å²) in [5.74, 6) is -0.256. The van der Waals surface area contributed by atoms with E-state index in [1.165, 1.54) is 17.5 Å². The lowest BCUT2D eigenvalue weighted by atomic mass is 10.2. The molecule has 152 valence electrons. The van der Waals surface area contributed by atoms with Crippen molar-refractivity contribution in [2.45, 2.75) is 38.3 Å². The summed E-state index contributed by atoms with van der Waals surface area (Å²) in [6.07, 6.45) is 0.428. The summed E-state index contributed by atoms with van der Waals surface area (Å²) >= 11 is 0. The van der Waals surface area contributed by atoms with Crippen molar-refractivity contribution in [3.63, 3.8) is 0 Å². The first kappa shape index (κ1) is 22.3. The lowest BCUT2D eigenvalue weighted by Gasteiger charge is -2.43. The van der Waals surface area contributed by atoms with Crippen LogP contribution in [-0.2, 0) is 14.1 Å². The smallest absolute Gasteiger partial charge is 0.262 e. The van der Waals surface area contributed by atoms with Crippen LogP contribution in [0.3, 0.4) is 0 Å². The summed E-state index contributed by atoms with van der Waals surface area (Å²) in [6, 6.07) is 20.2. The van der Waals surface area contributed by atoms with Gasteiger partial charge in [-0.05, 0) is 21.8 Å². The number of carbonyl (C=O) groups excluding carboxylic acids is 1. The van der Waals surface area contributed by atoms with Crippen molar-refractivity contribution in [3.05, 3.63) is 60.7 Å². The molecule has 1 amide bonds. The average Bonchev–Trinajstić information content (AvgIpc) is 2.70. The normalized spacial score (nSPS) is 13.2. The second kappa shape index (κ2) is 9.47. The summed E-state index contributed by atoms with van der Waals surface area (Å²) < 4.78 is 6.75. The number of hydroxylamine groups is 2. The Kier molecular flexibility index (Phi) is 7.54. The van der Waals surface area contributed by atoms with E-state index in [2.05, 4.69) is 69.3 Å². The SMILES string of the molecule is CON(C)C(=O)C(N)CCO[Si](c1ccccc1)(c1ccccc1)C(C)(C)C. The molecule has 0 aliphatic carbocycles. The molecule has 0 aliphatic heterocycles. The van der Waals surface area contributed by atoms with Gasteiger partial charge in [0.2, 0.25) is 0 Å². The third-order valence-electron chi connectivity index (χ3n) is 5.07. The molecule has 6 heteroatoms. The molecular weight excluding hydrogens is 368 g/mol. The first-order valence-corrected chi connectivity index (χ1v) is 11.5. The Balaban J connectivity index is 2.36. The number of hydrogen-bond donors (Lipinski definition) is 1. The van der Waals surface area contributed by atoms with Crippen LogP contribution in [0.15, 0.2) is 60.7 Å². The molecule has 0 saturated carbocycles. The van der Waals surface area contributed by atoms with Crippen molar-refractivity contribution in [1.29, 1.82) is 0 Å². The molecule has 0 fully saturated rings. The molecule has 2 aromatic carbocycles. The van der Waals surface area contributed by atoms with E-state index >= 15 is 0 Å². The van der Waals surface area contributed by atoms with Crippen molar-refractivity contribution in [2.24, 2.45) is 5.73 Å². The molecule has 1 atom stereocenters. The lowest BCUT2D eigenvalue weighted by molar-refractivity contribution is -0.170. The molecule has 0 saturated heterocycles. The summed E-state index contributed by atoms with van der Waals surface area (Å²) in [4.78, 5) is 17.1. The maximum Gasteiger partial charge on any atom is 0.262 e. The predicted molar refractivity (Wildman–Crippen MR) is 116 cm³/mol. The van der Waals surface area contributed by atoms with Crippen LogP contribution in [0.1, 0.15) is 27.2 Å². The zero-order valence-corrected chi connectivity index (χ0v) is 18.5. The van der Waals surface area contributed by atoms with Gasteiger partial charge in [-0.2, -0.15) is 0 Å². The third-order valence-corrected chi connectivity index (χ3v) is 10.1. The van der Waals surface area contributed by atoms with Gasteiger partial charge < -0.3 is 10.2 Å². The number of carbonyl (C=O) groups is 1. The van der Waals surface area contributed by atoms with Crippen molar-refractivity contribution in [3.8, 4) is 0 Å². The molecule has 1 unspecified atom stereocenters. The van der Waals surface area contributed by atoms with Crippen LogP contribution in [0.4, 0.5) is 0 Å². The van der Waals surface area contributed by atoms with E-state index in [0.717, 1.165) is 5.06 Å². The second-order valence-electron chi connectivity index (χ2n) is 7.93. The number of nitrogens with zero attached hydrogens (tertiary/aromatic N) is 1. The monoisotopic (exact) mass is 400 g/mol. The molecule has 0 heterocycles. The Morgan fingerprint density at radius 1 is 1.04 bits per heavy atom. The minimum Gasteiger partial charge on any atom is -0.407 e. The van der Waals surface area contributed by atoms with Crippen LogP contribution >= 0.6 is 0 Å². The molecule has 0 spiro atoms. The molecule has 0 radical (unpaired) electrons. The van der Waals surface area contributed by atoms with Crippen LogP contribution in [-0.4, -0.2) is 46.1 Å². The highest BCUT2D eigenvalue weighted by atomic mass is 28.4. The van der Waals surface area contributed by atoms with Gasteiger partial charge in [-0.15, -0.1) is 0 Å². The first-order valence-electron chi connectivity index (χ1n) is 9.56. The Bertz CT molecular complexity index is 708. The molecule has 28 heavy (non-hydrogen) atoms. The highest BCUT2D eigenvalue weighted by molar-refractivity contribution is 6.99. The number of benzene rings is 2. The quantitative estimate of drug-likeness (QED) is 0.545. The topological polar surface area (TPSA) is 64.8 Å². The zero-order chi connectivity index (χ0) is 20.8. The van der Waals surface area contributed by atoms with Gasteiger partial charge in [0.25, 0.3) is 14.2 Å². The van der Waals surface area contributed by atoms with E-state index < -0.39 is 14.4 Å². The fourth-order valence-electron chi connectivity index (χ4n) is 3.55. The van der Waals surface area contributed by atoms with Crippen molar-refractivity contribution in [2.75, 3.05) is 20.8 Å². The molecule has 2 rings (SSSR count). The van der Waals surface area contributed by atoms with Gasteiger partial charge in [0.05, 0.1) is 13.2 Å². The van der Waals surface area contributed by atoms with Crippen LogP contribution < -0.4 is 16.1 Å². The summed E-state index contributed by atoms with van der Waals surface area (Å²) in [5.41, 5.74) is 6.07. The minimum atomic E-state index is -2.60. The van der Waals surface area contributed by atoms with Crippen LogP contribution in [0.2, 0.25) is 5.04 Å². The number of nitrogens with two attached hydrogens (primary N) is 1. The fraction of sp³-hybridized carbons (Fsp3) is 0.409. The highest BCUT2D eigenvalue weighted by Gasteiger charge is 2.50. The van der Waals surface area contributed by atoms with E-state index in [-0.39, 0.29) is 10.9 Å². The lowest BCUT2D eigenvalue weighted by Crippen LogP contribution is -2.66. The Hall–Kier alpha value is -1.99. The maximum atomic E-state index is 12.2. The average molecular weight is 401 g/mol. The van der Waals surface area contributed by atoms with Gasteiger partial charge in [-0.25, -0.2) is 5.06 Å². The predicted octanol–water partition coefficient (Wildman–Crippen LogP) is 2.30. The molecular formula is C22H32N2O3Si. The maximum absolute atomic E-state index is 12.2. The Labute approximate surface area is 169 Å². The summed E-state index contributed by atoms with van der Waals surface area (Å²) in [5, 5.41) is 3.48. The largest absolute Gasteiger partial charge is 0.407 e. The van der Waals surface area contributed by atoms with Gasteiger partial charge >= 0.3 is 0 Å². The van der Waals surface area contributed by atoms with Crippen molar-refractivity contribution < 1.29 is 14.1 Å². The van der Waals surface area contributed by atoms with Crippen LogP contribution in [0.25, 0.3) is 0 Å². The van der Waals surface area contributed by atoms with E-state index in [1.54, 1.807) is 7.05 Å². The standard InChI is InChI=1S/C22H32N2O3Si/c1-22(2,3)28(18-12-8-6-9-13-18,19-14-10-7-11-15-19)27-17-16-20(23)21(25)24(4)26-5/h6-15,20H,16-17,23H2,1-5H3. The molecule has 2 aromatic rings. The minimum absolute atomic E-state index is 0.104. The van der Waals surface area contributed by atoms with Gasteiger partial charge in [-0.1, -0.05) is 81.4 Å². The van der Waals surface area contributed by atoms with Crippen molar-refractivity contribution >= 4 is 24.6 Å². The summed E-state index contributed by atoms with van der Waals surface area (Å²) in [6.45, 7) is 7.08. The van der Waals surface area contributed by atoms with Gasteiger partial charge in [0.1, 0.15) is 0 Å². The highest BCUT2D eigenvalue weighted by Crippen LogP contribution is 2.36. The van der Waals surface area contributed by atoms with Crippen LogP contribution in [0.5, 0.6) is 0 Å². The van der Waals surface area contributed by atoms with Gasteiger partial charge in [-0.3, -0.25) is 9.63 Å². The number of hydrogen-bond acceptors (Lipinski definition) is 4. The Morgan fingerprint density at radius 3 is 1.89 bits per heavy atom. The van der Waals surface area contributed by atoms with E-state index in [4.69, 9.17) is 15.0 Å². The fourth-order valence-corrected chi connectivity index (χ4v) is 8.13. The van der Waals surface area contributed by atoms with E-state index in [9.17, 15) is 4.79 Å². The molecule has 0 bridgehead atoms. The van der Waals surface area contributed by atoms with Gasteiger partial charge in [0.15, 0.2) is 0 Å². The van der Waals surface area contributed by atoms with Crippen molar-refractivity contribution in [1.82, 2.24) is 5.06 Å². The van der Waals surface area contributed by atoms with Gasteiger partial charge in [0, 0.05) is 13.7 Å². The molecule has 0 aromatic heterocycles. The number of likely N-dealkylation sites (N-methyl/N-ethyl adjacent to an activating group) is 1. The van der Waals surface area contributed by atoms with E-state index in [1.807, 2.05) is 12.1 Å². The summed E-state index contributed by atoms with van der Waals surface area (Å²) in [7, 11) is 0.410. The third kappa shape index (κ3) is 4.70. The first-order chi connectivity index (χ1) is 13.2. The molecule has 5 nitrogen and oxygen atoms in total. The van der Waals surface area contributed by atoms with Crippen LogP contribution in [0, 0.1) is 0 Å². The Morgan fingerprint density at radius 2 is 1.50 bits per heavy atom. The van der Waals surface area contributed by atoms with E-state index in [0.29, 0.717) is 13.0 Å². The molecule has 2 N–H and O–H groups in total.